The zero-order valence-corrected chi connectivity index (χ0v) is 18.4. The molecule has 1 aliphatic heterocycles. The van der Waals surface area contributed by atoms with E-state index in [9.17, 15) is 4.79 Å². The molecule has 0 unspecified atom stereocenters. The monoisotopic (exact) mass is 408 g/mol. The van der Waals surface area contributed by atoms with Gasteiger partial charge in [0.1, 0.15) is 5.00 Å². The Morgan fingerprint density at radius 3 is 2.52 bits per heavy atom. The Morgan fingerprint density at radius 2 is 1.85 bits per heavy atom. The first kappa shape index (κ1) is 20.6. The number of rotatable bonds is 3. The number of ether oxygens (including phenoxy) is 1. The molecule has 1 aliphatic carbocycles. The summed E-state index contributed by atoms with van der Waals surface area (Å²) in [6.45, 7) is 8.79. The van der Waals surface area contributed by atoms with E-state index < -0.39 is 0 Å². The van der Waals surface area contributed by atoms with E-state index >= 15 is 0 Å². The van der Waals surface area contributed by atoms with E-state index in [1.807, 2.05) is 6.92 Å². The van der Waals surface area contributed by atoms with Gasteiger partial charge >= 0.3 is 5.97 Å². The quantitative estimate of drug-likeness (QED) is 0.546. The standard InChI is InChI=1S/C21H32N2O2S2/c1-4-25-20(24)18-16-9-7-5-6-8-10-17(16)27-19(18)22-21(26)23-12-14(2)11-15(3)13-23/h14-15H,4-13H2,1-3H3,(H,22,26)/t14-,15+. The number of hydrogen-bond acceptors (Lipinski definition) is 4. The van der Waals surface area contributed by atoms with Gasteiger partial charge in [0, 0.05) is 18.0 Å². The van der Waals surface area contributed by atoms with E-state index in [-0.39, 0.29) is 5.97 Å². The number of thiocarbonyl (C=S) groups is 1. The van der Waals surface area contributed by atoms with Crippen molar-refractivity contribution < 1.29 is 9.53 Å². The molecule has 0 spiro atoms. The number of carbonyl (C=O) groups is 1. The number of carbonyl (C=O) groups excluding carboxylic acids is 1. The SMILES string of the molecule is CCOC(=O)c1c(NC(=S)N2C[C@H](C)C[C@H](C)C2)sc2c1CCCCCC2. The van der Waals surface area contributed by atoms with E-state index in [0.29, 0.717) is 18.4 Å². The summed E-state index contributed by atoms with van der Waals surface area (Å²) in [5, 5.41) is 5.06. The Morgan fingerprint density at radius 1 is 1.19 bits per heavy atom. The van der Waals surface area contributed by atoms with Crippen molar-refractivity contribution in [3.05, 3.63) is 16.0 Å². The van der Waals surface area contributed by atoms with Crippen LogP contribution in [0.15, 0.2) is 0 Å². The molecule has 3 rings (SSSR count). The Hall–Kier alpha value is -1.14. The summed E-state index contributed by atoms with van der Waals surface area (Å²) >= 11 is 7.44. The average Bonchev–Trinajstić information content (AvgIpc) is 2.90. The maximum atomic E-state index is 12.7. The highest BCUT2D eigenvalue weighted by Gasteiger charge is 2.28. The molecule has 0 amide bonds. The van der Waals surface area contributed by atoms with E-state index in [1.54, 1.807) is 11.3 Å². The van der Waals surface area contributed by atoms with Crippen LogP contribution in [0.3, 0.4) is 0 Å². The van der Waals surface area contributed by atoms with E-state index in [4.69, 9.17) is 17.0 Å². The number of likely N-dealkylation sites (tertiary alicyclic amines) is 1. The summed E-state index contributed by atoms with van der Waals surface area (Å²) in [7, 11) is 0. The highest BCUT2D eigenvalue weighted by atomic mass is 32.1. The first-order chi connectivity index (χ1) is 13.0. The van der Waals surface area contributed by atoms with Gasteiger partial charge in [-0.1, -0.05) is 26.7 Å². The smallest absolute Gasteiger partial charge is 0.341 e. The fraction of sp³-hybridized carbons (Fsp3) is 0.714. The normalized spacial score (nSPS) is 23.1. The highest BCUT2D eigenvalue weighted by molar-refractivity contribution is 7.80. The molecule has 0 bridgehead atoms. The van der Waals surface area contributed by atoms with Crippen LogP contribution >= 0.6 is 23.6 Å². The van der Waals surface area contributed by atoms with E-state index in [2.05, 4.69) is 24.1 Å². The van der Waals surface area contributed by atoms with E-state index in [0.717, 1.165) is 48.0 Å². The van der Waals surface area contributed by atoms with Crippen LogP contribution < -0.4 is 5.32 Å². The van der Waals surface area contributed by atoms with Crippen LogP contribution in [-0.2, 0) is 17.6 Å². The first-order valence-electron chi connectivity index (χ1n) is 10.4. The number of aryl methyl sites for hydroxylation is 1. The minimum Gasteiger partial charge on any atom is -0.462 e. The zero-order valence-electron chi connectivity index (χ0n) is 16.8. The average molecular weight is 409 g/mol. The van der Waals surface area contributed by atoms with Crippen molar-refractivity contribution >= 4 is 39.6 Å². The van der Waals surface area contributed by atoms with Crippen LogP contribution in [-0.4, -0.2) is 35.7 Å². The van der Waals surface area contributed by atoms with Crippen LogP contribution in [0, 0.1) is 11.8 Å². The molecule has 27 heavy (non-hydrogen) atoms. The number of thiophene rings is 1. The van der Waals surface area contributed by atoms with Crippen molar-refractivity contribution in [3.63, 3.8) is 0 Å². The second-order valence-electron chi connectivity index (χ2n) is 8.12. The lowest BCUT2D eigenvalue weighted by Gasteiger charge is -2.36. The summed E-state index contributed by atoms with van der Waals surface area (Å²) < 4.78 is 5.40. The summed E-state index contributed by atoms with van der Waals surface area (Å²) in [5.74, 6) is 1.07. The molecule has 0 radical (unpaired) electrons. The van der Waals surface area contributed by atoms with Crippen molar-refractivity contribution in [2.75, 3.05) is 25.0 Å². The van der Waals surface area contributed by atoms with Crippen LogP contribution in [0.4, 0.5) is 5.00 Å². The molecule has 1 fully saturated rings. The molecule has 4 nitrogen and oxygen atoms in total. The lowest BCUT2D eigenvalue weighted by atomic mass is 9.92. The minimum atomic E-state index is -0.207. The van der Waals surface area contributed by atoms with Gasteiger partial charge in [-0.2, -0.15) is 0 Å². The van der Waals surface area contributed by atoms with Gasteiger partial charge in [0.05, 0.1) is 12.2 Å². The van der Waals surface area contributed by atoms with Gasteiger partial charge in [0.15, 0.2) is 5.11 Å². The molecule has 6 heteroatoms. The molecule has 2 heterocycles. The molecule has 1 N–H and O–H groups in total. The second kappa shape index (κ2) is 9.37. The number of anilines is 1. The summed E-state index contributed by atoms with van der Waals surface area (Å²) in [4.78, 5) is 16.3. The largest absolute Gasteiger partial charge is 0.462 e. The maximum Gasteiger partial charge on any atom is 0.341 e. The number of nitrogens with zero attached hydrogens (tertiary/aromatic N) is 1. The minimum absolute atomic E-state index is 0.207. The molecular weight excluding hydrogens is 376 g/mol. The Bertz CT molecular complexity index is 676. The fourth-order valence-corrected chi connectivity index (χ4v) is 6.02. The number of nitrogens with one attached hydrogen (secondary N) is 1. The van der Waals surface area contributed by atoms with Crippen molar-refractivity contribution in [1.82, 2.24) is 4.90 Å². The molecule has 2 aliphatic rings. The molecule has 1 saturated heterocycles. The third-order valence-corrected chi connectivity index (χ3v) is 7.09. The van der Waals surface area contributed by atoms with Gasteiger partial charge in [-0.05, 0) is 68.6 Å². The molecule has 1 aromatic heterocycles. The lowest BCUT2D eigenvalue weighted by Crippen LogP contribution is -2.44. The molecular formula is C21H32N2O2S2. The lowest BCUT2D eigenvalue weighted by molar-refractivity contribution is 0.0526. The van der Waals surface area contributed by atoms with Crippen molar-refractivity contribution in [2.24, 2.45) is 11.8 Å². The first-order valence-corrected chi connectivity index (χ1v) is 11.6. The summed E-state index contributed by atoms with van der Waals surface area (Å²) in [5.41, 5.74) is 1.93. The van der Waals surface area contributed by atoms with Crippen molar-refractivity contribution in [2.45, 2.75) is 65.7 Å². The van der Waals surface area contributed by atoms with Crippen LogP contribution in [0.25, 0.3) is 0 Å². The number of hydrogen-bond donors (Lipinski definition) is 1. The van der Waals surface area contributed by atoms with Crippen LogP contribution in [0.1, 0.15) is 73.7 Å². The van der Waals surface area contributed by atoms with Gasteiger partial charge in [-0.3, -0.25) is 0 Å². The van der Waals surface area contributed by atoms with Gasteiger partial charge in [-0.15, -0.1) is 11.3 Å². The Kier molecular flexibility index (Phi) is 7.15. The van der Waals surface area contributed by atoms with Gasteiger partial charge in [0.25, 0.3) is 0 Å². The van der Waals surface area contributed by atoms with Gasteiger partial charge < -0.3 is 15.0 Å². The molecule has 0 aromatic carbocycles. The second-order valence-corrected chi connectivity index (χ2v) is 9.62. The predicted molar refractivity (Wildman–Crippen MR) is 117 cm³/mol. The third-order valence-electron chi connectivity index (χ3n) is 5.53. The Balaban J connectivity index is 1.85. The molecule has 1 aromatic rings. The number of fused-ring (bicyclic) bond motifs is 1. The topological polar surface area (TPSA) is 41.6 Å². The Labute approximate surface area is 172 Å². The predicted octanol–water partition coefficient (Wildman–Crippen LogP) is 5.26. The summed E-state index contributed by atoms with van der Waals surface area (Å²) in [6, 6.07) is 0. The fourth-order valence-electron chi connectivity index (χ4n) is 4.43. The van der Waals surface area contributed by atoms with Crippen molar-refractivity contribution in [1.29, 1.82) is 0 Å². The van der Waals surface area contributed by atoms with Gasteiger partial charge in [0.2, 0.25) is 0 Å². The number of esters is 1. The zero-order chi connectivity index (χ0) is 19.4. The van der Waals surface area contributed by atoms with Crippen LogP contribution in [0.2, 0.25) is 0 Å². The van der Waals surface area contributed by atoms with E-state index in [1.165, 1.54) is 36.1 Å². The molecule has 150 valence electrons. The number of piperidine rings is 1. The molecule has 0 saturated carbocycles. The van der Waals surface area contributed by atoms with Crippen molar-refractivity contribution in [3.8, 4) is 0 Å². The third kappa shape index (κ3) is 5.02. The summed E-state index contributed by atoms with van der Waals surface area (Å²) in [6.07, 6.45) is 8.12. The maximum absolute atomic E-state index is 12.7. The van der Waals surface area contributed by atoms with Gasteiger partial charge in [-0.25, -0.2) is 4.79 Å². The molecule has 2 atom stereocenters. The highest BCUT2D eigenvalue weighted by Crippen LogP contribution is 2.38. The van der Waals surface area contributed by atoms with Crippen LogP contribution in [0.5, 0.6) is 0 Å².